The molecule has 1 amide bonds. The molecule has 0 aliphatic carbocycles. The molecule has 0 aliphatic rings. The summed E-state index contributed by atoms with van der Waals surface area (Å²) in [4.78, 5) is 23.3. The van der Waals surface area contributed by atoms with Crippen LogP contribution in [0.2, 0.25) is 0 Å². The summed E-state index contributed by atoms with van der Waals surface area (Å²) in [6.07, 6.45) is 2.96. The minimum absolute atomic E-state index is 0.0361. The molecule has 2 aromatic carbocycles. The van der Waals surface area contributed by atoms with Crippen LogP contribution in [0.3, 0.4) is 0 Å². The maximum Gasteiger partial charge on any atom is 0.337 e. The maximum atomic E-state index is 12.1. The molecule has 0 bridgehead atoms. The number of carboxylic acid groups (broad SMARTS) is 1. The van der Waals surface area contributed by atoms with E-state index in [-0.39, 0.29) is 11.3 Å². The van der Waals surface area contributed by atoms with Crippen molar-refractivity contribution in [1.29, 1.82) is 0 Å². The van der Waals surface area contributed by atoms with Gasteiger partial charge in [-0.05, 0) is 49.8 Å². The fourth-order valence-corrected chi connectivity index (χ4v) is 2.30. The number of para-hydroxylation sites is 1. The van der Waals surface area contributed by atoms with E-state index < -0.39 is 11.9 Å². The minimum Gasteiger partial charge on any atom is -0.490 e. The second kappa shape index (κ2) is 9.27. The zero-order valence-electron chi connectivity index (χ0n) is 14.7. The van der Waals surface area contributed by atoms with Crippen molar-refractivity contribution in [3.05, 3.63) is 59.7 Å². The van der Waals surface area contributed by atoms with Crippen LogP contribution in [-0.4, -0.2) is 30.2 Å². The van der Waals surface area contributed by atoms with Gasteiger partial charge in [-0.3, -0.25) is 4.79 Å². The molecule has 0 aromatic heterocycles. The summed E-state index contributed by atoms with van der Waals surface area (Å²) in [5, 5.41) is 11.7. The van der Waals surface area contributed by atoms with Crippen molar-refractivity contribution >= 4 is 23.6 Å². The number of hydrogen-bond acceptors (Lipinski definition) is 4. The Kier molecular flexibility index (Phi) is 6.79. The lowest BCUT2D eigenvalue weighted by atomic mass is 10.1. The zero-order valence-corrected chi connectivity index (χ0v) is 14.7. The second-order valence-electron chi connectivity index (χ2n) is 5.25. The van der Waals surface area contributed by atoms with Gasteiger partial charge < -0.3 is 19.9 Å². The fourth-order valence-electron chi connectivity index (χ4n) is 2.30. The van der Waals surface area contributed by atoms with Gasteiger partial charge in [0.1, 0.15) is 0 Å². The molecule has 0 heterocycles. The average molecular weight is 355 g/mol. The van der Waals surface area contributed by atoms with Gasteiger partial charge in [0, 0.05) is 6.08 Å². The summed E-state index contributed by atoms with van der Waals surface area (Å²) >= 11 is 0. The van der Waals surface area contributed by atoms with Crippen LogP contribution in [0.15, 0.2) is 48.5 Å². The molecule has 0 aliphatic heterocycles. The van der Waals surface area contributed by atoms with Crippen molar-refractivity contribution in [2.24, 2.45) is 0 Å². The molecular weight excluding hydrogens is 334 g/mol. The Hall–Kier alpha value is -3.28. The molecule has 2 aromatic rings. The quantitative estimate of drug-likeness (QED) is 0.703. The third-order valence-corrected chi connectivity index (χ3v) is 3.41. The van der Waals surface area contributed by atoms with Crippen LogP contribution in [0.5, 0.6) is 11.5 Å². The molecule has 2 rings (SSSR count). The standard InChI is InChI=1S/C20H21NO5/c1-3-25-17-11-9-14(13-18(17)26-4-2)10-12-19(22)21-16-8-6-5-7-15(16)20(23)24/h5-13H,3-4H2,1-2H3,(H,21,22)(H,23,24)/b12-10+. The minimum atomic E-state index is -1.10. The Morgan fingerprint density at radius 1 is 1.04 bits per heavy atom. The molecule has 6 heteroatoms. The third-order valence-electron chi connectivity index (χ3n) is 3.41. The van der Waals surface area contributed by atoms with Gasteiger partial charge in [-0.2, -0.15) is 0 Å². The van der Waals surface area contributed by atoms with Crippen molar-refractivity contribution in [3.8, 4) is 11.5 Å². The number of nitrogens with one attached hydrogen (secondary N) is 1. The molecule has 0 fully saturated rings. The topological polar surface area (TPSA) is 84.9 Å². The fraction of sp³-hybridized carbons (Fsp3) is 0.200. The van der Waals surface area contributed by atoms with Crippen LogP contribution in [0.1, 0.15) is 29.8 Å². The molecular formula is C20H21NO5. The van der Waals surface area contributed by atoms with Crippen LogP contribution in [0.4, 0.5) is 5.69 Å². The van der Waals surface area contributed by atoms with Crippen molar-refractivity contribution in [2.45, 2.75) is 13.8 Å². The summed E-state index contributed by atoms with van der Waals surface area (Å²) in [6.45, 7) is 4.80. The van der Waals surface area contributed by atoms with Crippen LogP contribution < -0.4 is 14.8 Å². The highest BCUT2D eigenvalue weighted by atomic mass is 16.5. The SMILES string of the molecule is CCOc1ccc(/C=C/C(=O)Nc2ccccc2C(=O)O)cc1OCC. The Labute approximate surface area is 152 Å². The molecule has 0 saturated carbocycles. The number of carbonyl (C=O) groups excluding carboxylic acids is 1. The molecule has 2 N–H and O–H groups in total. The second-order valence-corrected chi connectivity index (χ2v) is 5.25. The van der Waals surface area contributed by atoms with Crippen LogP contribution in [-0.2, 0) is 4.79 Å². The lowest BCUT2D eigenvalue weighted by molar-refractivity contribution is -0.111. The molecule has 0 spiro atoms. The van der Waals surface area contributed by atoms with E-state index in [2.05, 4.69) is 5.32 Å². The summed E-state index contributed by atoms with van der Waals surface area (Å²) in [7, 11) is 0. The van der Waals surface area contributed by atoms with Gasteiger partial charge in [-0.15, -0.1) is 0 Å². The van der Waals surface area contributed by atoms with Crippen molar-refractivity contribution < 1.29 is 24.2 Å². The number of benzene rings is 2. The van der Waals surface area contributed by atoms with E-state index in [4.69, 9.17) is 14.6 Å². The van der Waals surface area contributed by atoms with Gasteiger partial charge in [0.25, 0.3) is 0 Å². The van der Waals surface area contributed by atoms with E-state index in [1.54, 1.807) is 36.4 Å². The number of carbonyl (C=O) groups is 2. The smallest absolute Gasteiger partial charge is 0.337 e. The first kappa shape index (κ1) is 19.1. The molecule has 0 saturated heterocycles. The predicted molar refractivity (Wildman–Crippen MR) is 99.8 cm³/mol. The first-order valence-corrected chi connectivity index (χ1v) is 8.26. The molecule has 6 nitrogen and oxygen atoms in total. The van der Waals surface area contributed by atoms with Crippen LogP contribution in [0.25, 0.3) is 6.08 Å². The molecule has 136 valence electrons. The molecule has 0 unspecified atom stereocenters. The Bertz CT molecular complexity index is 814. The third kappa shape index (κ3) is 5.11. The van der Waals surface area contributed by atoms with Gasteiger partial charge >= 0.3 is 5.97 Å². The Balaban J connectivity index is 2.13. The van der Waals surface area contributed by atoms with E-state index in [0.29, 0.717) is 24.7 Å². The van der Waals surface area contributed by atoms with E-state index in [1.165, 1.54) is 12.1 Å². The Morgan fingerprint density at radius 2 is 1.73 bits per heavy atom. The van der Waals surface area contributed by atoms with Crippen molar-refractivity contribution in [3.63, 3.8) is 0 Å². The molecule has 0 atom stereocenters. The highest BCUT2D eigenvalue weighted by Crippen LogP contribution is 2.29. The first-order chi connectivity index (χ1) is 12.5. The highest BCUT2D eigenvalue weighted by molar-refractivity contribution is 6.06. The number of rotatable bonds is 8. The summed E-state index contributed by atoms with van der Waals surface area (Å²) in [5.41, 5.74) is 1.05. The van der Waals surface area contributed by atoms with E-state index in [9.17, 15) is 9.59 Å². The van der Waals surface area contributed by atoms with Gasteiger partial charge in [0.2, 0.25) is 5.91 Å². The summed E-state index contributed by atoms with van der Waals surface area (Å²) in [6, 6.07) is 11.6. The van der Waals surface area contributed by atoms with Crippen LogP contribution >= 0.6 is 0 Å². The van der Waals surface area contributed by atoms with E-state index in [0.717, 1.165) is 5.56 Å². The lowest BCUT2D eigenvalue weighted by Gasteiger charge is -2.11. The maximum absolute atomic E-state index is 12.1. The van der Waals surface area contributed by atoms with Gasteiger partial charge in [0.05, 0.1) is 24.5 Å². The normalized spacial score (nSPS) is 10.5. The lowest BCUT2D eigenvalue weighted by Crippen LogP contribution is -2.11. The number of hydrogen-bond donors (Lipinski definition) is 2. The van der Waals surface area contributed by atoms with Gasteiger partial charge in [0.15, 0.2) is 11.5 Å². The van der Waals surface area contributed by atoms with Gasteiger partial charge in [-0.1, -0.05) is 18.2 Å². The number of anilines is 1. The van der Waals surface area contributed by atoms with E-state index >= 15 is 0 Å². The Morgan fingerprint density at radius 3 is 2.42 bits per heavy atom. The predicted octanol–water partition coefficient (Wildman–Crippen LogP) is 3.83. The largest absolute Gasteiger partial charge is 0.490 e. The number of aromatic carboxylic acids is 1. The monoisotopic (exact) mass is 355 g/mol. The summed E-state index contributed by atoms with van der Waals surface area (Å²) in [5.74, 6) is -0.275. The molecule has 0 radical (unpaired) electrons. The number of amides is 1. The van der Waals surface area contributed by atoms with Crippen LogP contribution in [0, 0.1) is 0 Å². The van der Waals surface area contributed by atoms with Gasteiger partial charge in [-0.25, -0.2) is 4.79 Å². The summed E-state index contributed by atoms with van der Waals surface area (Å²) < 4.78 is 11.1. The molecule has 26 heavy (non-hydrogen) atoms. The number of ether oxygens (including phenoxy) is 2. The van der Waals surface area contributed by atoms with Crippen molar-refractivity contribution in [2.75, 3.05) is 18.5 Å². The number of carboxylic acids is 1. The zero-order chi connectivity index (χ0) is 18.9. The van der Waals surface area contributed by atoms with Crippen molar-refractivity contribution in [1.82, 2.24) is 0 Å². The average Bonchev–Trinajstić information content (AvgIpc) is 2.62. The van der Waals surface area contributed by atoms with E-state index in [1.807, 2.05) is 19.9 Å². The highest BCUT2D eigenvalue weighted by Gasteiger charge is 2.10. The first-order valence-electron chi connectivity index (χ1n) is 8.26.